The van der Waals surface area contributed by atoms with Gasteiger partial charge in [-0.25, -0.2) is 0 Å². The number of aromatic nitrogens is 1. The van der Waals surface area contributed by atoms with E-state index in [1.165, 1.54) is 23.1 Å². The predicted molar refractivity (Wildman–Crippen MR) is 80.3 cm³/mol. The Morgan fingerprint density at radius 2 is 2.05 bits per heavy atom. The van der Waals surface area contributed by atoms with Gasteiger partial charge in [-0.1, -0.05) is 37.6 Å². The quantitative estimate of drug-likeness (QED) is 0.881. The molecule has 0 spiro atoms. The number of aryl methyl sites for hydroxylation is 2. The minimum Gasteiger partial charge on any atom is -0.308 e. The zero-order valence-corrected chi connectivity index (χ0v) is 12.0. The van der Waals surface area contributed by atoms with Gasteiger partial charge in [-0.15, -0.1) is 0 Å². The molecule has 1 heterocycles. The minimum absolute atomic E-state index is 0.164. The lowest BCUT2D eigenvalue weighted by Crippen LogP contribution is -2.19. The fourth-order valence-electron chi connectivity index (χ4n) is 2.42. The summed E-state index contributed by atoms with van der Waals surface area (Å²) < 4.78 is 0. The summed E-state index contributed by atoms with van der Waals surface area (Å²) in [5, 5.41) is 3.37. The van der Waals surface area contributed by atoms with Gasteiger partial charge in [0.15, 0.2) is 0 Å². The Kier molecular flexibility index (Phi) is 4.69. The second-order valence-corrected chi connectivity index (χ2v) is 4.97. The van der Waals surface area contributed by atoms with Crippen molar-refractivity contribution in [2.45, 2.75) is 32.7 Å². The van der Waals surface area contributed by atoms with Crippen molar-refractivity contribution in [3.8, 4) is 0 Å². The smallest absolute Gasteiger partial charge is 0.0749 e. The first-order chi connectivity index (χ1) is 9.24. The molecule has 0 saturated carbocycles. The molecule has 19 heavy (non-hydrogen) atoms. The molecular formula is C17H22N2. The van der Waals surface area contributed by atoms with E-state index in [2.05, 4.69) is 54.5 Å². The Balaban J connectivity index is 2.33. The van der Waals surface area contributed by atoms with E-state index in [-0.39, 0.29) is 6.04 Å². The van der Waals surface area contributed by atoms with Crippen molar-refractivity contribution in [3.05, 3.63) is 65.0 Å². The van der Waals surface area contributed by atoms with E-state index >= 15 is 0 Å². The van der Waals surface area contributed by atoms with Gasteiger partial charge in [-0.05, 0) is 49.2 Å². The Hall–Kier alpha value is -1.67. The Morgan fingerprint density at radius 1 is 1.21 bits per heavy atom. The summed E-state index contributed by atoms with van der Waals surface area (Å²) in [6.45, 7) is 4.32. The summed E-state index contributed by atoms with van der Waals surface area (Å²) in [4.78, 5) is 4.50. The number of hydrogen-bond acceptors (Lipinski definition) is 2. The minimum atomic E-state index is 0.164. The van der Waals surface area contributed by atoms with Crippen LogP contribution in [0.1, 0.15) is 41.8 Å². The summed E-state index contributed by atoms with van der Waals surface area (Å²) in [5.41, 5.74) is 5.01. The molecule has 1 aromatic carbocycles. The molecule has 2 nitrogen and oxygen atoms in total. The predicted octanol–water partition coefficient (Wildman–Crippen LogP) is 3.65. The molecule has 0 radical (unpaired) electrons. The molecule has 2 aromatic rings. The molecule has 2 heteroatoms. The molecule has 1 unspecified atom stereocenters. The van der Waals surface area contributed by atoms with Crippen LogP contribution in [0.3, 0.4) is 0 Å². The third kappa shape index (κ3) is 3.42. The Morgan fingerprint density at radius 3 is 2.74 bits per heavy atom. The van der Waals surface area contributed by atoms with E-state index < -0.39 is 0 Å². The number of nitrogens with one attached hydrogen (secondary N) is 1. The lowest BCUT2D eigenvalue weighted by atomic mass is 9.98. The average Bonchev–Trinajstić information content (AvgIpc) is 2.41. The van der Waals surface area contributed by atoms with Crippen LogP contribution < -0.4 is 5.32 Å². The van der Waals surface area contributed by atoms with Gasteiger partial charge in [0.1, 0.15) is 0 Å². The highest BCUT2D eigenvalue weighted by Crippen LogP contribution is 2.22. The molecule has 0 saturated heterocycles. The molecule has 0 bridgehead atoms. The van der Waals surface area contributed by atoms with E-state index in [1.54, 1.807) is 0 Å². The number of rotatable bonds is 5. The van der Waals surface area contributed by atoms with Gasteiger partial charge in [-0.3, -0.25) is 4.98 Å². The van der Waals surface area contributed by atoms with Crippen LogP contribution in [0.5, 0.6) is 0 Å². The molecule has 0 aliphatic rings. The van der Waals surface area contributed by atoms with Crippen molar-refractivity contribution in [2.75, 3.05) is 7.05 Å². The maximum Gasteiger partial charge on any atom is 0.0749 e. The summed E-state index contributed by atoms with van der Waals surface area (Å²) in [5.74, 6) is 0. The van der Waals surface area contributed by atoms with E-state index in [9.17, 15) is 0 Å². The van der Waals surface area contributed by atoms with Crippen LogP contribution in [-0.2, 0) is 6.42 Å². The first-order valence-corrected chi connectivity index (χ1v) is 6.93. The molecular weight excluding hydrogens is 232 g/mol. The van der Waals surface area contributed by atoms with E-state index in [4.69, 9.17) is 0 Å². The highest BCUT2D eigenvalue weighted by Gasteiger charge is 2.13. The van der Waals surface area contributed by atoms with Gasteiger partial charge in [0, 0.05) is 6.20 Å². The number of hydrogen-bond donors (Lipinski definition) is 1. The molecule has 1 aromatic heterocycles. The van der Waals surface area contributed by atoms with Gasteiger partial charge in [0.05, 0.1) is 11.7 Å². The van der Waals surface area contributed by atoms with Crippen molar-refractivity contribution in [1.29, 1.82) is 0 Å². The zero-order valence-electron chi connectivity index (χ0n) is 12.0. The largest absolute Gasteiger partial charge is 0.308 e. The van der Waals surface area contributed by atoms with Gasteiger partial charge < -0.3 is 5.32 Å². The van der Waals surface area contributed by atoms with E-state index in [0.717, 1.165) is 12.1 Å². The summed E-state index contributed by atoms with van der Waals surface area (Å²) >= 11 is 0. The van der Waals surface area contributed by atoms with Crippen molar-refractivity contribution in [3.63, 3.8) is 0 Å². The van der Waals surface area contributed by atoms with Gasteiger partial charge >= 0.3 is 0 Å². The van der Waals surface area contributed by atoms with E-state index in [0.29, 0.717) is 0 Å². The van der Waals surface area contributed by atoms with Crippen LogP contribution in [0.15, 0.2) is 42.6 Å². The fourth-order valence-corrected chi connectivity index (χ4v) is 2.42. The molecule has 1 atom stereocenters. The third-order valence-electron chi connectivity index (χ3n) is 3.34. The van der Waals surface area contributed by atoms with Crippen molar-refractivity contribution < 1.29 is 0 Å². The second kappa shape index (κ2) is 6.48. The van der Waals surface area contributed by atoms with Crippen LogP contribution in [-0.4, -0.2) is 12.0 Å². The number of pyridine rings is 1. The molecule has 1 N–H and O–H groups in total. The Bertz CT molecular complexity index is 534. The molecule has 100 valence electrons. The third-order valence-corrected chi connectivity index (χ3v) is 3.34. The maximum absolute atomic E-state index is 4.50. The summed E-state index contributed by atoms with van der Waals surface area (Å²) in [7, 11) is 1.99. The lowest BCUT2D eigenvalue weighted by molar-refractivity contribution is 0.669. The van der Waals surface area contributed by atoms with Crippen LogP contribution in [0.2, 0.25) is 0 Å². The molecule has 2 rings (SSSR count). The summed E-state index contributed by atoms with van der Waals surface area (Å²) in [6, 6.07) is 13.1. The van der Waals surface area contributed by atoms with Gasteiger partial charge in [0.25, 0.3) is 0 Å². The Labute approximate surface area is 115 Å². The standard InChI is InChI=1S/C17H22N2/c1-4-6-14-7-5-8-15(12-14)17(18-3)16-11-13(2)9-10-19-16/h5,7-12,17-18H,4,6H2,1-3H3. The van der Waals surface area contributed by atoms with E-state index in [1.807, 2.05) is 19.3 Å². The van der Waals surface area contributed by atoms with Crippen LogP contribution in [0.25, 0.3) is 0 Å². The molecule has 0 aliphatic carbocycles. The van der Waals surface area contributed by atoms with Crippen molar-refractivity contribution in [1.82, 2.24) is 10.3 Å². The number of benzene rings is 1. The molecule has 0 fully saturated rings. The lowest BCUT2D eigenvalue weighted by Gasteiger charge is -2.17. The van der Waals surface area contributed by atoms with Crippen LogP contribution in [0.4, 0.5) is 0 Å². The SMILES string of the molecule is CCCc1cccc(C(NC)c2cc(C)ccn2)c1. The summed E-state index contributed by atoms with van der Waals surface area (Å²) in [6.07, 6.45) is 4.19. The van der Waals surface area contributed by atoms with Crippen molar-refractivity contribution >= 4 is 0 Å². The maximum atomic E-state index is 4.50. The van der Waals surface area contributed by atoms with Gasteiger partial charge in [-0.2, -0.15) is 0 Å². The first kappa shape index (κ1) is 13.8. The topological polar surface area (TPSA) is 24.9 Å². The monoisotopic (exact) mass is 254 g/mol. The second-order valence-electron chi connectivity index (χ2n) is 4.97. The molecule has 0 amide bonds. The zero-order chi connectivity index (χ0) is 13.7. The van der Waals surface area contributed by atoms with Crippen LogP contribution >= 0.6 is 0 Å². The first-order valence-electron chi connectivity index (χ1n) is 6.93. The van der Waals surface area contributed by atoms with Gasteiger partial charge in [0.2, 0.25) is 0 Å². The van der Waals surface area contributed by atoms with Crippen molar-refractivity contribution in [2.24, 2.45) is 0 Å². The highest BCUT2D eigenvalue weighted by molar-refractivity contribution is 5.32. The fraction of sp³-hybridized carbons (Fsp3) is 0.353. The number of nitrogens with zero attached hydrogens (tertiary/aromatic N) is 1. The van der Waals surface area contributed by atoms with Crippen LogP contribution in [0, 0.1) is 6.92 Å². The molecule has 0 aliphatic heterocycles. The average molecular weight is 254 g/mol. The normalized spacial score (nSPS) is 12.4. The highest BCUT2D eigenvalue weighted by atomic mass is 14.9.